The van der Waals surface area contributed by atoms with Gasteiger partial charge in [-0.1, -0.05) is 27.2 Å². The van der Waals surface area contributed by atoms with Crippen LogP contribution in [0.4, 0.5) is 0 Å². The fourth-order valence-corrected chi connectivity index (χ4v) is 2.22. The van der Waals surface area contributed by atoms with Crippen molar-refractivity contribution in [2.24, 2.45) is 5.92 Å². The van der Waals surface area contributed by atoms with Crippen LogP contribution in [-0.2, 0) is 4.79 Å². The highest BCUT2D eigenvalue weighted by molar-refractivity contribution is 5.76. The second-order valence-corrected chi connectivity index (χ2v) is 4.95. The summed E-state index contributed by atoms with van der Waals surface area (Å²) in [5.41, 5.74) is 0. The van der Waals surface area contributed by atoms with Gasteiger partial charge in [-0.05, 0) is 25.3 Å². The van der Waals surface area contributed by atoms with Crippen molar-refractivity contribution in [2.45, 2.75) is 52.5 Å². The van der Waals surface area contributed by atoms with Crippen molar-refractivity contribution in [3.05, 3.63) is 0 Å². The highest BCUT2D eigenvalue weighted by Crippen LogP contribution is 2.15. The number of amides is 1. The molecule has 1 heterocycles. The molecule has 1 amide bonds. The van der Waals surface area contributed by atoms with Crippen LogP contribution in [0.3, 0.4) is 0 Å². The molecule has 2 unspecified atom stereocenters. The van der Waals surface area contributed by atoms with Crippen LogP contribution in [0.2, 0.25) is 0 Å². The molecular formula is C13H26N2O. The minimum Gasteiger partial charge on any atom is -0.338 e. The molecule has 1 rings (SSSR count). The van der Waals surface area contributed by atoms with E-state index in [0.717, 1.165) is 38.9 Å². The van der Waals surface area contributed by atoms with E-state index in [-0.39, 0.29) is 0 Å². The zero-order valence-electron chi connectivity index (χ0n) is 11.0. The number of nitrogens with zero attached hydrogens (tertiary/aromatic N) is 1. The third-order valence-electron chi connectivity index (χ3n) is 3.48. The van der Waals surface area contributed by atoms with Crippen molar-refractivity contribution >= 4 is 5.91 Å². The Kier molecular flexibility index (Phi) is 5.81. The zero-order chi connectivity index (χ0) is 12.0. The third kappa shape index (κ3) is 3.78. The Morgan fingerprint density at radius 1 is 1.50 bits per heavy atom. The summed E-state index contributed by atoms with van der Waals surface area (Å²) in [7, 11) is 0. The van der Waals surface area contributed by atoms with Crippen molar-refractivity contribution in [3.8, 4) is 0 Å². The largest absolute Gasteiger partial charge is 0.338 e. The lowest BCUT2D eigenvalue weighted by Gasteiger charge is -2.29. The molecule has 0 saturated carbocycles. The Morgan fingerprint density at radius 3 is 2.75 bits per heavy atom. The van der Waals surface area contributed by atoms with Gasteiger partial charge in [0.1, 0.15) is 0 Å². The van der Waals surface area contributed by atoms with E-state index in [1.54, 1.807) is 0 Å². The van der Waals surface area contributed by atoms with Crippen molar-refractivity contribution in [2.75, 3.05) is 19.6 Å². The average Bonchev–Trinajstić information content (AvgIpc) is 2.78. The minimum atomic E-state index is 0.352. The normalized spacial score (nSPS) is 22.1. The van der Waals surface area contributed by atoms with Gasteiger partial charge in [-0.3, -0.25) is 4.79 Å². The van der Waals surface area contributed by atoms with Crippen LogP contribution in [0.1, 0.15) is 46.5 Å². The molecule has 0 bridgehead atoms. The summed E-state index contributed by atoms with van der Waals surface area (Å²) in [5.74, 6) is 0.867. The summed E-state index contributed by atoms with van der Waals surface area (Å²) in [6.45, 7) is 9.41. The second-order valence-electron chi connectivity index (χ2n) is 4.95. The minimum absolute atomic E-state index is 0.352. The van der Waals surface area contributed by atoms with E-state index < -0.39 is 0 Å². The van der Waals surface area contributed by atoms with Crippen molar-refractivity contribution in [1.82, 2.24) is 10.2 Å². The van der Waals surface area contributed by atoms with Crippen molar-refractivity contribution < 1.29 is 4.79 Å². The van der Waals surface area contributed by atoms with Gasteiger partial charge in [0, 0.05) is 25.6 Å². The summed E-state index contributed by atoms with van der Waals surface area (Å²) in [5, 5.41) is 3.34. The van der Waals surface area contributed by atoms with Crippen molar-refractivity contribution in [3.63, 3.8) is 0 Å². The van der Waals surface area contributed by atoms with Crippen LogP contribution in [0, 0.1) is 5.92 Å². The average molecular weight is 226 g/mol. The number of hydrogen-bond acceptors (Lipinski definition) is 2. The van der Waals surface area contributed by atoms with Gasteiger partial charge in [-0.15, -0.1) is 0 Å². The third-order valence-corrected chi connectivity index (χ3v) is 3.48. The lowest BCUT2D eigenvalue weighted by molar-refractivity contribution is -0.134. The van der Waals surface area contributed by atoms with E-state index in [4.69, 9.17) is 0 Å². The Morgan fingerprint density at radius 2 is 2.25 bits per heavy atom. The van der Waals surface area contributed by atoms with E-state index in [0.29, 0.717) is 24.3 Å². The van der Waals surface area contributed by atoms with Crippen LogP contribution >= 0.6 is 0 Å². The van der Waals surface area contributed by atoms with Gasteiger partial charge in [0.05, 0.1) is 0 Å². The molecule has 3 heteroatoms. The summed E-state index contributed by atoms with van der Waals surface area (Å²) in [6.07, 6.45) is 3.98. The molecule has 1 N–H and O–H groups in total. The number of rotatable bonds is 6. The van der Waals surface area contributed by atoms with Gasteiger partial charge >= 0.3 is 0 Å². The van der Waals surface area contributed by atoms with Crippen LogP contribution in [-0.4, -0.2) is 36.5 Å². The number of carbonyl (C=O) groups excluding carboxylic acids is 1. The quantitative estimate of drug-likeness (QED) is 0.751. The first-order chi connectivity index (χ1) is 7.69. The van der Waals surface area contributed by atoms with Gasteiger partial charge in [0.15, 0.2) is 0 Å². The Labute approximate surface area is 99.6 Å². The van der Waals surface area contributed by atoms with Crippen molar-refractivity contribution in [1.29, 1.82) is 0 Å². The summed E-state index contributed by atoms with van der Waals surface area (Å²) in [6, 6.07) is 0.441. The molecule has 1 fully saturated rings. The smallest absolute Gasteiger partial charge is 0.223 e. The lowest BCUT2D eigenvalue weighted by atomic mass is 10.0. The molecular weight excluding hydrogens is 200 g/mol. The van der Waals surface area contributed by atoms with Crippen LogP contribution in [0.5, 0.6) is 0 Å². The van der Waals surface area contributed by atoms with E-state index in [2.05, 4.69) is 31.0 Å². The van der Waals surface area contributed by atoms with Crippen LogP contribution in [0.15, 0.2) is 0 Å². The molecule has 1 aliphatic heterocycles. The molecule has 2 atom stereocenters. The lowest BCUT2D eigenvalue weighted by Crippen LogP contribution is -2.42. The summed E-state index contributed by atoms with van der Waals surface area (Å²) in [4.78, 5) is 14.3. The maximum absolute atomic E-state index is 12.2. The first kappa shape index (κ1) is 13.5. The fourth-order valence-electron chi connectivity index (χ4n) is 2.22. The Hall–Kier alpha value is -0.570. The number of nitrogens with one attached hydrogen (secondary N) is 1. The molecule has 94 valence electrons. The van der Waals surface area contributed by atoms with Gasteiger partial charge in [0.2, 0.25) is 5.91 Å². The Balaban J connectivity index is 2.50. The number of hydrogen-bond donors (Lipinski definition) is 1. The molecule has 1 aliphatic rings. The molecule has 16 heavy (non-hydrogen) atoms. The predicted octanol–water partition coefficient (Wildman–Crippen LogP) is 2.02. The van der Waals surface area contributed by atoms with E-state index in [9.17, 15) is 4.79 Å². The SMILES string of the molecule is CCCN(C(=O)CC(C)CC)C1CCNC1. The summed E-state index contributed by atoms with van der Waals surface area (Å²) < 4.78 is 0. The predicted molar refractivity (Wildman–Crippen MR) is 67.4 cm³/mol. The van der Waals surface area contributed by atoms with E-state index >= 15 is 0 Å². The van der Waals surface area contributed by atoms with Crippen LogP contribution in [0.25, 0.3) is 0 Å². The number of carbonyl (C=O) groups is 1. The molecule has 0 aromatic carbocycles. The molecule has 3 nitrogen and oxygen atoms in total. The second kappa shape index (κ2) is 6.89. The van der Waals surface area contributed by atoms with E-state index in [1.807, 2.05) is 0 Å². The fraction of sp³-hybridized carbons (Fsp3) is 0.923. The molecule has 0 aliphatic carbocycles. The standard InChI is InChI=1S/C13H26N2O/c1-4-8-15(12-6-7-14-10-12)13(16)9-11(3)5-2/h11-12,14H,4-10H2,1-3H3. The van der Waals surface area contributed by atoms with Gasteiger partial charge < -0.3 is 10.2 Å². The maximum atomic E-state index is 12.2. The van der Waals surface area contributed by atoms with Gasteiger partial charge in [-0.2, -0.15) is 0 Å². The highest BCUT2D eigenvalue weighted by atomic mass is 16.2. The topological polar surface area (TPSA) is 32.3 Å². The first-order valence-electron chi connectivity index (χ1n) is 6.69. The summed E-state index contributed by atoms with van der Waals surface area (Å²) >= 11 is 0. The molecule has 0 radical (unpaired) electrons. The monoisotopic (exact) mass is 226 g/mol. The van der Waals surface area contributed by atoms with Gasteiger partial charge in [0.25, 0.3) is 0 Å². The van der Waals surface area contributed by atoms with Crippen LogP contribution < -0.4 is 5.32 Å². The first-order valence-corrected chi connectivity index (χ1v) is 6.69. The van der Waals surface area contributed by atoms with Gasteiger partial charge in [-0.25, -0.2) is 0 Å². The molecule has 0 aromatic heterocycles. The van der Waals surface area contributed by atoms with E-state index in [1.165, 1.54) is 0 Å². The Bertz CT molecular complexity index is 212. The highest BCUT2D eigenvalue weighted by Gasteiger charge is 2.26. The molecule has 0 aromatic rings. The molecule has 1 saturated heterocycles. The maximum Gasteiger partial charge on any atom is 0.223 e. The molecule has 0 spiro atoms. The zero-order valence-corrected chi connectivity index (χ0v) is 11.0.